The van der Waals surface area contributed by atoms with Crippen LogP contribution < -0.4 is 10.5 Å². The van der Waals surface area contributed by atoms with Crippen LogP contribution >= 0.6 is 0 Å². The third-order valence-corrected chi connectivity index (χ3v) is 4.53. The third-order valence-electron chi connectivity index (χ3n) is 4.53. The van der Waals surface area contributed by atoms with Crippen molar-refractivity contribution in [2.45, 2.75) is 19.3 Å². The Balaban J connectivity index is 1.60. The van der Waals surface area contributed by atoms with Crippen LogP contribution in [0, 0.1) is 11.6 Å². The van der Waals surface area contributed by atoms with E-state index in [1.807, 2.05) is 0 Å². The fourth-order valence-electron chi connectivity index (χ4n) is 3.19. The Morgan fingerprint density at radius 1 is 1.30 bits per heavy atom. The van der Waals surface area contributed by atoms with E-state index >= 15 is 0 Å². The van der Waals surface area contributed by atoms with Gasteiger partial charge in [0, 0.05) is 19.7 Å². The second-order valence-corrected chi connectivity index (χ2v) is 5.74. The van der Waals surface area contributed by atoms with Crippen LogP contribution in [0.1, 0.15) is 19.3 Å². The fourth-order valence-corrected chi connectivity index (χ4v) is 3.19. The minimum atomic E-state index is -0.172. The molecule has 0 atom stereocenters. The van der Waals surface area contributed by atoms with Crippen molar-refractivity contribution in [2.75, 3.05) is 31.2 Å². The molecule has 2 fully saturated rings. The van der Waals surface area contributed by atoms with E-state index in [4.69, 9.17) is 4.74 Å². The number of hydrogen-bond acceptors (Lipinski definition) is 5. The average molecular weight is 274 g/mol. The van der Waals surface area contributed by atoms with Gasteiger partial charge in [0.15, 0.2) is 11.5 Å². The van der Waals surface area contributed by atoms with Gasteiger partial charge >= 0.3 is 0 Å². The number of H-pyrrole nitrogens is 2. The van der Waals surface area contributed by atoms with Crippen molar-refractivity contribution < 1.29 is 4.74 Å². The summed E-state index contributed by atoms with van der Waals surface area (Å²) >= 11 is 0. The molecule has 2 aliphatic heterocycles. The van der Waals surface area contributed by atoms with Gasteiger partial charge in [0.05, 0.1) is 6.61 Å². The first-order chi connectivity index (χ1) is 9.76. The third kappa shape index (κ3) is 1.81. The largest absolute Gasteiger partial charge is 0.381 e. The van der Waals surface area contributed by atoms with Crippen molar-refractivity contribution in [1.82, 2.24) is 20.2 Å². The Morgan fingerprint density at radius 2 is 2.15 bits per heavy atom. The molecule has 7 heteroatoms. The number of nitrogens with zero attached hydrogens (tertiary/aromatic N) is 3. The number of aromatic amines is 2. The smallest absolute Gasteiger partial charge is 0.291 e. The first-order valence-electron chi connectivity index (χ1n) is 6.95. The fraction of sp³-hybridized carbons (Fsp3) is 0.615. The summed E-state index contributed by atoms with van der Waals surface area (Å²) in [5.41, 5.74) is 1.25. The summed E-state index contributed by atoms with van der Waals surface area (Å²) in [6.07, 6.45) is 5.92. The molecule has 0 saturated carbocycles. The van der Waals surface area contributed by atoms with E-state index in [1.165, 1.54) is 0 Å². The second-order valence-electron chi connectivity index (χ2n) is 5.74. The van der Waals surface area contributed by atoms with Crippen LogP contribution in [0.4, 0.5) is 5.82 Å². The molecule has 4 rings (SSSR count). The van der Waals surface area contributed by atoms with Crippen LogP contribution in [0.5, 0.6) is 0 Å². The van der Waals surface area contributed by atoms with Gasteiger partial charge in [-0.05, 0) is 24.7 Å². The molecule has 4 heterocycles. The van der Waals surface area contributed by atoms with E-state index in [2.05, 4.69) is 31.3 Å². The van der Waals surface area contributed by atoms with Crippen molar-refractivity contribution in [3.63, 3.8) is 0 Å². The minimum absolute atomic E-state index is 0.172. The van der Waals surface area contributed by atoms with Gasteiger partial charge in [0.1, 0.15) is 11.7 Å². The molecule has 0 aliphatic carbocycles. The first-order valence-corrected chi connectivity index (χ1v) is 6.95. The number of anilines is 1. The molecule has 0 unspecified atom stereocenters. The van der Waals surface area contributed by atoms with Crippen molar-refractivity contribution >= 4 is 17.0 Å². The molecular formula is C13H16N5O2. The van der Waals surface area contributed by atoms with Gasteiger partial charge < -0.3 is 14.6 Å². The van der Waals surface area contributed by atoms with Gasteiger partial charge in [0.25, 0.3) is 5.56 Å². The van der Waals surface area contributed by atoms with E-state index in [-0.39, 0.29) is 5.56 Å². The summed E-state index contributed by atoms with van der Waals surface area (Å²) in [5.74, 6) is 0.476. The number of piperidine rings is 1. The summed E-state index contributed by atoms with van der Waals surface area (Å²) in [6, 6.07) is 0. The van der Waals surface area contributed by atoms with E-state index in [0.29, 0.717) is 22.4 Å². The van der Waals surface area contributed by atoms with Crippen LogP contribution in [-0.2, 0) is 4.74 Å². The van der Waals surface area contributed by atoms with Gasteiger partial charge in [0.2, 0.25) is 0 Å². The maximum atomic E-state index is 12.1. The average Bonchev–Trinajstić information content (AvgIpc) is 3.08. The lowest BCUT2D eigenvalue weighted by atomic mass is 9.78. The quantitative estimate of drug-likeness (QED) is 0.788. The van der Waals surface area contributed by atoms with Crippen LogP contribution in [-0.4, -0.2) is 46.5 Å². The molecule has 2 saturated heterocycles. The maximum Gasteiger partial charge on any atom is 0.291 e. The highest BCUT2D eigenvalue weighted by Crippen LogP contribution is 2.39. The Labute approximate surface area is 115 Å². The molecule has 1 spiro atoms. The van der Waals surface area contributed by atoms with Crippen molar-refractivity contribution in [2.24, 2.45) is 5.41 Å². The molecular weight excluding hydrogens is 258 g/mol. The molecule has 2 N–H and O–H groups in total. The van der Waals surface area contributed by atoms with Crippen LogP contribution in [0.25, 0.3) is 11.2 Å². The standard InChI is InChI=1S/C13H16N5O2/c19-12-11(16-10-9(15-12)7-14-17-10)18-4-1-13(2-5-18)3-6-20-8-13/h1-6,8H2,(H,15,19)(H,14,16,17). The predicted molar refractivity (Wildman–Crippen MR) is 72.7 cm³/mol. The van der Waals surface area contributed by atoms with Crippen LogP contribution in [0.15, 0.2) is 4.79 Å². The van der Waals surface area contributed by atoms with E-state index < -0.39 is 0 Å². The summed E-state index contributed by atoms with van der Waals surface area (Å²) in [6.45, 7) is 3.43. The van der Waals surface area contributed by atoms with Crippen LogP contribution in [0.3, 0.4) is 0 Å². The monoisotopic (exact) mass is 274 g/mol. The molecule has 105 valence electrons. The molecule has 1 radical (unpaired) electrons. The molecule has 2 aromatic heterocycles. The van der Waals surface area contributed by atoms with Gasteiger partial charge in [-0.1, -0.05) is 0 Å². The molecule has 7 nitrogen and oxygen atoms in total. The zero-order valence-electron chi connectivity index (χ0n) is 11.1. The highest BCUT2D eigenvalue weighted by atomic mass is 16.5. The molecule has 0 bridgehead atoms. The Bertz CT molecular complexity index is 675. The maximum absolute atomic E-state index is 12.1. The normalized spacial score (nSPS) is 21.9. The zero-order chi connectivity index (χ0) is 13.6. The molecule has 2 aromatic rings. The predicted octanol–water partition coefficient (Wildman–Crippen LogP) is 0.453. The number of nitrogens with one attached hydrogen (secondary N) is 2. The Kier molecular flexibility index (Phi) is 2.56. The number of fused-ring (bicyclic) bond motifs is 1. The highest BCUT2D eigenvalue weighted by molar-refractivity contribution is 5.69. The van der Waals surface area contributed by atoms with Crippen molar-refractivity contribution in [1.29, 1.82) is 0 Å². The van der Waals surface area contributed by atoms with Crippen molar-refractivity contribution in [3.05, 3.63) is 16.6 Å². The lowest BCUT2D eigenvalue weighted by molar-refractivity contribution is 0.133. The van der Waals surface area contributed by atoms with Gasteiger partial charge in [-0.3, -0.25) is 9.89 Å². The number of hydrogen-bond donors (Lipinski definition) is 2. The zero-order valence-corrected chi connectivity index (χ0v) is 11.1. The van der Waals surface area contributed by atoms with E-state index in [9.17, 15) is 4.79 Å². The lowest BCUT2D eigenvalue weighted by Crippen LogP contribution is -2.42. The number of ether oxygens (including phenoxy) is 1. The summed E-state index contributed by atoms with van der Waals surface area (Å²) in [4.78, 5) is 21.3. The molecule has 0 amide bonds. The molecule has 0 aromatic carbocycles. The number of rotatable bonds is 1. The summed E-state index contributed by atoms with van der Waals surface area (Å²) in [5, 5.41) is 6.51. The minimum Gasteiger partial charge on any atom is -0.381 e. The summed E-state index contributed by atoms with van der Waals surface area (Å²) in [7, 11) is 0. The summed E-state index contributed by atoms with van der Waals surface area (Å²) < 4.78 is 5.53. The molecule has 20 heavy (non-hydrogen) atoms. The SMILES string of the molecule is O=c1[nH]c2[c]n[nH]c2nc1N1CCC2(CCOC2)CC1. The second kappa shape index (κ2) is 4.31. The van der Waals surface area contributed by atoms with Gasteiger partial charge in [-0.15, -0.1) is 0 Å². The number of aromatic nitrogens is 4. The van der Waals surface area contributed by atoms with Gasteiger partial charge in [-0.2, -0.15) is 5.10 Å². The molecule has 2 aliphatic rings. The van der Waals surface area contributed by atoms with Crippen molar-refractivity contribution in [3.8, 4) is 0 Å². The lowest BCUT2D eigenvalue weighted by Gasteiger charge is -2.38. The van der Waals surface area contributed by atoms with E-state index in [1.54, 1.807) is 0 Å². The first kappa shape index (κ1) is 11.9. The highest BCUT2D eigenvalue weighted by Gasteiger charge is 2.38. The Hall–Kier alpha value is -1.89. The van der Waals surface area contributed by atoms with Crippen LogP contribution in [0.2, 0.25) is 0 Å². The Morgan fingerprint density at radius 3 is 2.90 bits per heavy atom. The van der Waals surface area contributed by atoms with E-state index in [0.717, 1.165) is 45.6 Å². The topological polar surface area (TPSA) is 86.9 Å². The van der Waals surface area contributed by atoms with Gasteiger partial charge in [-0.25, -0.2) is 4.98 Å².